The van der Waals surface area contributed by atoms with E-state index in [1.165, 1.54) is 0 Å². The third kappa shape index (κ3) is 3.62. The number of nitrogens with one attached hydrogen (secondary N) is 2. The van der Waals surface area contributed by atoms with Gasteiger partial charge in [0.15, 0.2) is 0 Å². The summed E-state index contributed by atoms with van der Waals surface area (Å²) in [6.45, 7) is -1.53. The van der Waals surface area contributed by atoms with Gasteiger partial charge in [-0.1, -0.05) is 12.1 Å². The number of likely N-dealkylation sites (N-methyl/N-ethyl adjacent to an activating group) is 1. The standard InChI is InChI=1S/C12H13F3N4O/c1-19(7-12(13,14)15)10(20)6-16-11-17-8-4-2-3-5-9(8)18-11/h2-5H,6-7H2,1H3,(H2,16,17,18). The average Bonchev–Trinajstić information content (AvgIpc) is 2.76. The Hall–Kier alpha value is -2.25. The maximum Gasteiger partial charge on any atom is 0.406 e. The van der Waals surface area contributed by atoms with Gasteiger partial charge < -0.3 is 15.2 Å². The second-order valence-electron chi connectivity index (χ2n) is 4.32. The fraction of sp³-hybridized carbons (Fsp3) is 0.333. The third-order valence-electron chi connectivity index (χ3n) is 2.64. The van der Waals surface area contributed by atoms with Crippen molar-refractivity contribution in [2.45, 2.75) is 6.18 Å². The van der Waals surface area contributed by atoms with Crippen molar-refractivity contribution in [1.29, 1.82) is 0 Å². The molecule has 0 bridgehead atoms. The van der Waals surface area contributed by atoms with Crippen LogP contribution in [0.5, 0.6) is 0 Å². The van der Waals surface area contributed by atoms with E-state index in [4.69, 9.17) is 0 Å². The molecule has 0 radical (unpaired) electrons. The molecule has 0 spiro atoms. The van der Waals surface area contributed by atoms with Gasteiger partial charge in [0.05, 0.1) is 17.6 Å². The zero-order valence-electron chi connectivity index (χ0n) is 10.7. The Balaban J connectivity index is 1.93. The first-order chi connectivity index (χ1) is 9.35. The second kappa shape index (κ2) is 5.40. The van der Waals surface area contributed by atoms with Crippen molar-refractivity contribution in [3.8, 4) is 0 Å². The number of H-pyrrole nitrogens is 1. The highest BCUT2D eigenvalue weighted by Gasteiger charge is 2.31. The summed E-state index contributed by atoms with van der Waals surface area (Å²) < 4.78 is 36.4. The maximum atomic E-state index is 12.1. The van der Waals surface area contributed by atoms with Gasteiger partial charge in [-0.2, -0.15) is 13.2 Å². The summed E-state index contributed by atoms with van der Waals surface area (Å²) in [5.74, 6) is -0.317. The van der Waals surface area contributed by atoms with E-state index in [1.54, 1.807) is 6.07 Å². The zero-order valence-corrected chi connectivity index (χ0v) is 10.7. The van der Waals surface area contributed by atoms with Gasteiger partial charge in [0.1, 0.15) is 6.54 Å². The summed E-state index contributed by atoms with van der Waals surface area (Å²) in [6, 6.07) is 7.24. The van der Waals surface area contributed by atoms with Crippen molar-refractivity contribution in [3.05, 3.63) is 24.3 Å². The highest BCUT2D eigenvalue weighted by atomic mass is 19.4. The lowest BCUT2D eigenvalue weighted by Crippen LogP contribution is -2.39. The number of nitrogens with zero attached hydrogens (tertiary/aromatic N) is 2. The van der Waals surface area contributed by atoms with Crippen molar-refractivity contribution in [2.24, 2.45) is 0 Å². The van der Waals surface area contributed by atoms with Crippen LogP contribution in [-0.4, -0.2) is 47.1 Å². The van der Waals surface area contributed by atoms with Gasteiger partial charge in [0.2, 0.25) is 11.9 Å². The van der Waals surface area contributed by atoms with Crippen LogP contribution in [-0.2, 0) is 4.79 Å². The van der Waals surface area contributed by atoms with Crippen LogP contribution >= 0.6 is 0 Å². The summed E-state index contributed by atoms with van der Waals surface area (Å²) in [6.07, 6.45) is -4.40. The highest BCUT2D eigenvalue weighted by Crippen LogP contribution is 2.16. The maximum absolute atomic E-state index is 12.1. The van der Waals surface area contributed by atoms with E-state index < -0.39 is 18.6 Å². The Bertz CT molecular complexity index is 575. The molecule has 2 rings (SSSR count). The van der Waals surface area contributed by atoms with Gasteiger partial charge in [0, 0.05) is 7.05 Å². The molecule has 1 heterocycles. The number of aromatic amines is 1. The first kappa shape index (κ1) is 14.2. The normalized spacial score (nSPS) is 11.6. The molecule has 0 saturated carbocycles. The number of benzene rings is 1. The highest BCUT2D eigenvalue weighted by molar-refractivity contribution is 5.81. The summed E-state index contributed by atoms with van der Waals surface area (Å²) in [4.78, 5) is 19.2. The Labute approximate surface area is 112 Å². The monoisotopic (exact) mass is 286 g/mol. The number of aromatic nitrogens is 2. The Kier molecular flexibility index (Phi) is 3.82. The minimum atomic E-state index is -4.40. The molecule has 2 aromatic rings. The molecule has 0 aliphatic carbocycles. The first-order valence-corrected chi connectivity index (χ1v) is 5.84. The molecular weight excluding hydrogens is 273 g/mol. The number of rotatable bonds is 4. The smallest absolute Gasteiger partial charge is 0.347 e. The molecule has 0 aliphatic rings. The average molecular weight is 286 g/mol. The Morgan fingerprint density at radius 3 is 2.75 bits per heavy atom. The lowest BCUT2D eigenvalue weighted by Gasteiger charge is -2.18. The van der Waals surface area contributed by atoms with Crippen molar-refractivity contribution >= 4 is 22.9 Å². The van der Waals surface area contributed by atoms with Crippen LogP contribution in [0.3, 0.4) is 0 Å². The SMILES string of the molecule is CN(CC(F)(F)F)C(=O)CNc1nc2ccccc2[nH]1. The van der Waals surface area contributed by atoms with Crippen LogP contribution in [0.25, 0.3) is 11.0 Å². The van der Waals surface area contributed by atoms with Gasteiger partial charge in [-0.05, 0) is 12.1 Å². The molecule has 2 N–H and O–H groups in total. The molecule has 0 aliphatic heterocycles. The van der Waals surface area contributed by atoms with Crippen molar-refractivity contribution < 1.29 is 18.0 Å². The summed E-state index contributed by atoms with van der Waals surface area (Å²) in [5, 5.41) is 2.68. The largest absolute Gasteiger partial charge is 0.406 e. The molecular formula is C12H13F3N4O. The lowest BCUT2D eigenvalue weighted by atomic mass is 10.3. The molecule has 108 valence electrons. The number of hydrogen-bond donors (Lipinski definition) is 2. The van der Waals surface area contributed by atoms with Crippen LogP contribution in [0.4, 0.5) is 19.1 Å². The number of anilines is 1. The van der Waals surface area contributed by atoms with Crippen molar-refractivity contribution in [1.82, 2.24) is 14.9 Å². The fourth-order valence-electron chi connectivity index (χ4n) is 1.69. The quantitative estimate of drug-likeness (QED) is 0.903. The fourth-order valence-corrected chi connectivity index (χ4v) is 1.69. The molecule has 8 heteroatoms. The second-order valence-corrected chi connectivity index (χ2v) is 4.32. The van der Waals surface area contributed by atoms with Gasteiger partial charge in [-0.15, -0.1) is 0 Å². The number of alkyl halides is 3. The van der Waals surface area contributed by atoms with Gasteiger partial charge in [-0.25, -0.2) is 4.98 Å². The van der Waals surface area contributed by atoms with Crippen LogP contribution in [0.15, 0.2) is 24.3 Å². The van der Waals surface area contributed by atoms with E-state index in [1.807, 2.05) is 18.2 Å². The topological polar surface area (TPSA) is 61.0 Å². The minimum Gasteiger partial charge on any atom is -0.347 e. The number of carbonyl (C=O) groups excluding carboxylic acids is 1. The summed E-state index contributed by atoms with van der Waals surface area (Å²) in [7, 11) is 1.11. The molecule has 0 unspecified atom stereocenters. The van der Waals surface area contributed by atoms with Gasteiger partial charge in [-0.3, -0.25) is 4.79 Å². The molecule has 1 aromatic carbocycles. The van der Waals surface area contributed by atoms with Gasteiger partial charge >= 0.3 is 6.18 Å². The summed E-state index contributed by atoms with van der Waals surface area (Å²) >= 11 is 0. The van der Waals surface area contributed by atoms with Crippen LogP contribution in [0.1, 0.15) is 0 Å². The van der Waals surface area contributed by atoms with Gasteiger partial charge in [0.25, 0.3) is 0 Å². The van der Waals surface area contributed by atoms with Crippen LogP contribution in [0, 0.1) is 0 Å². The van der Waals surface area contributed by atoms with E-state index in [0.29, 0.717) is 16.4 Å². The van der Waals surface area contributed by atoms with Crippen molar-refractivity contribution in [2.75, 3.05) is 25.5 Å². The molecule has 0 saturated heterocycles. The van der Waals surface area contributed by atoms with E-state index in [-0.39, 0.29) is 6.54 Å². The number of amides is 1. The van der Waals surface area contributed by atoms with Crippen molar-refractivity contribution in [3.63, 3.8) is 0 Å². The third-order valence-corrected chi connectivity index (χ3v) is 2.64. The number of fused-ring (bicyclic) bond motifs is 1. The number of para-hydroxylation sites is 2. The van der Waals surface area contributed by atoms with E-state index in [9.17, 15) is 18.0 Å². The van der Waals surface area contributed by atoms with Crippen LogP contribution in [0.2, 0.25) is 0 Å². The predicted molar refractivity (Wildman–Crippen MR) is 68.3 cm³/mol. The molecule has 0 fully saturated rings. The first-order valence-electron chi connectivity index (χ1n) is 5.84. The Morgan fingerprint density at radius 1 is 1.40 bits per heavy atom. The summed E-state index contributed by atoms with van der Waals surface area (Å²) in [5.41, 5.74) is 1.50. The minimum absolute atomic E-state index is 0.258. The van der Waals surface area contributed by atoms with E-state index in [0.717, 1.165) is 12.6 Å². The molecule has 5 nitrogen and oxygen atoms in total. The number of hydrogen-bond acceptors (Lipinski definition) is 3. The molecule has 20 heavy (non-hydrogen) atoms. The predicted octanol–water partition coefficient (Wildman–Crippen LogP) is 2.00. The van der Waals surface area contributed by atoms with E-state index in [2.05, 4.69) is 15.3 Å². The number of carbonyl (C=O) groups is 1. The van der Waals surface area contributed by atoms with Crippen LogP contribution < -0.4 is 5.32 Å². The molecule has 1 aromatic heterocycles. The number of halogens is 3. The number of imidazole rings is 1. The van der Waals surface area contributed by atoms with E-state index >= 15 is 0 Å². The Morgan fingerprint density at radius 2 is 2.10 bits per heavy atom. The lowest BCUT2D eigenvalue weighted by molar-refractivity contribution is -0.157. The zero-order chi connectivity index (χ0) is 14.8. The molecule has 0 atom stereocenters. The molecule has 1 amide bonds.